The fourth-order valence-electron chi connectivity index (χ4n) is 0. The van der Waals surface area contributed by atoms with Crippen LogP contribution >= 0.6 is 0 Å². The summed E-state index contributed by atoms with van der Waals surface area (Å²) in [6, 6.07) is 0. The molecule has 0 atom stereocenters. The smallest absolute Gasteiger partial charge is 0.0990 e. The third-order valence-corrected chi connectivity index (χ3v) is 0.333. The van der Waals surface area contributed by atoms with Crippen LogP contribution in [0.4, 0.5) is 0 Å². The van der Waals surface area contributed by atoms with Gasteiger partial charge in [0, 0.05) is 5.54 Å². The van der Waals surface area contributed by atoms with Crippen LogP contribution < -0.4 is 5.73 Å². The highest BCUT2D eigenvalue weighted by Gasteiger charge is 2.06. The number of nitrogens with two attached hydrogens (primary N) is 1. The molecule has 0 fully saturated rings. The van der Waals surface area contributed by atoms with E-state index in [0.717, 1.165) is 6.61 Å². The Morgan fingerprint density at radius 3 is 1.83 bits per heavy atom. The van der Waals surface area contributed by atoms with Crippen molar-refractivity contribution in [3.8, 4) is 0 Å². The number of hydrogen-bond acceptors (Lipinski definition) is 2. The third kappa shape index (κ3) is 3.92. The van der Waals surface area contributed by atoms with Gasteiger partial charge in [-0.2, -0.15) is 0 Å². The van der Waals surface area contributed by atoms with E-state index in [1.165, 1.54) is 0 Å². The summed E-state index contributed by atoms with van der Waals surface area (Å²) in [5, 5.41) is 8.15. The molecule has 0 saturated heterocycles. The second kappa shape index (κ2) is 1.58. The van der Waals surface area contributed by atoms with Gasteiger partial charge >= 0.3 is 0 Å². The first-order chi connectivity index (χ1) is 2.56. The Morgan fingerprint density at radius 2 is 1.83 bits per heavy atom. The SMILES string of the molecule is CC(C)(N)[CH]O. The summed E-state index contributed by atoms with van der Waals surface area (Å²) in [7, 11) is 0. The maximum atomic E-state index is 8.15. The van der Waals surface area contributed by atoms with Gasteiger partial charge in [0.15, 0.2) is 0 Å². The number of hydrogen-bond donors (Lipinski definition) is 2. The second-order valence-electron chi connectivity index (χ2n) is 1.95. The topological polar surface area (TPSA) is 46.2 Å². The molecular weight excluding hydrogens is 78.0 g/mol. The molecule has 0 aromatic rings. The molecule has 0 aliphatic heterocycles. The molecule has 0 aromatic carbocycles. The third-order valence-electron chi connectivity index (χ3n) is 0.333. The van der Waals surface area contributed by atoms with Gasteiger partial charge in [0.2, 0.25) is 0 Å². The van der Waals surface area contributed by atoms with Gasteiger partial charge in [-0.25, -0.2) is 0 Å². The van der Waals surface area contributed by atoms with Crippen molar-refractivity contribution in [3.63, 3.8) is 0 Å². The average Bonchev–Trinajstić information content (AvgIpc) is 1.35. The molecule has 2 heteroatoms. The Kier molecular flexibility index (Phi) is 1.56. The maximum Gasteiger partial charge on any atom is 0.0990 e. The van der Waals surface area contributed by atoms with Gasteiger partial charge in [-0.1, -0.05) is 0 Å². The van der Waals surface area contributed by atoms with Crippen LogP contribution in [0.1, 0.15) is 13.8 Å². The fourth-order valence-corrected chi connectivity index (χ4v) is 0. The van der Waals surface area contributed by atoms with Gasteiger partial charge in [-0.05, 0) is 13.8 Å². The molecule has 0 unspecified atom stereocenters. The minimum atomic E-state index is -0.528. The maximum absolute atomic E-state index is 8.15. The summed E-state index contributed by atoms with van der Waals surface area (Å²) in [5.74, 6) is 0. The van der Waals surface area contributed by atoms with E-state index < -0.39 is 5.54 Å². The lowest BCUT2D eigenvalue weighted by molar-refractivity contribution is 0.308. The van der Waals surface area contributed by atoms with Crippen molar-refractivity contribution in [2.45, 2.75) is 19.4 Å². The summed E-state index contributed by atoms with van der Waals surface area (Å²) < 4.78 is 0. The molecule has 0 rings (SSSR count). The first-order valence-corrected chi connectivity index (χ1v) is 1.84. The number of aliphatic hydroxyl groups excluding tert-OH is 1. The molecule has 1 radical (unpaired) electrons. The monoisotopic (exact) mass is 88.1 g/mol. The summed E-state index contributed by atoms with van der Waals surface area (Å²) in [5.41, 5.74) is 4.70. The Balaban J connectivity index is 3.17. The molecule has 2 nitrogen and oxygen atoms in total. The highest BCUT2D eigenvalue weighted by molar-refractivity contribution is 4.78. The van der Waals surface area contributed by atoms with Crippen molar-refractivity contribution in [1.29, 1.82) is 0 Å². The summed E-state index contributed by atoms with van der Waals surface area (Å²) in [6.45, 7) is 4.40. The van der Waals surface area contributed by atoms with Crippen LogP contribution in [0.2, 0.25) is 0 Å². The number of aliphatic hydroxyl groups is 1. The lowest BCUT2D eigenvalue weighted by atomic mass is 10.1. The minimum absolute atomic E-state index is 0.528. The van der Waals surface area contributed by atoms with E-state index in [1.807, 2.05) is 0 Å². The normalized spacial score (nSPS) is 12.0. The van der Waals surface area contributed by atoms with E-state index in [2.05, 4.69) is 0 Å². The Labute approximate surface area is 38.0 Å². The van der Waals surface area contributed by atoms with E-state index in [9.17, 15) is 0 Å². The van der Waals surface area contributed by atoms with Crippen LogP contribution in [-0.4, -0.2) is 10.6 Å². The van der Waals surface area contributed by atoms with Crippen LogP contribution in [0.15, 0.2) is 0 Å². The quantitative estimate of drug-likeness (QED) is 0.483. The average molecular weight is 88.1 g/mol. The Morgan fingerprint density at radius 1 is 1.67 bits per heavy atom. The zero-order valence-electron chi connectivity index (χ0n) is 4.10. The molecule has 0 saturated carbocycles. The highest BCUT2D eigenvalue weighted by Crippen LogP contribution is 1.95. The van der Waals surface area contributed by atoms with Gasteiger partial charge in [0.1, 0.15) is 0 Å². The first-order valence-electron chi connectivity index (χ1n) is 1.84. The molecule has 6 heavy (non-hydrogen) atoms. The van der Waals surface area contributed by atoms with Crippen molar-refractivity contribution in [3.05, 3.63) is 6.61 Å². The molecular formula is C4H10NO. The molecule has 3 N–H and O–H groups in total. The number of rotatable bonds is 1. The van der Waals surface area contributed by atoms with E-state index in [0.29, 0.717) is 0 Å². The molecule has 37 valence electrons. The largest absolute Gasteiger partial charge is 0.388 e. The molecule has 0 aliphatic carbocycles. The Bertz CT molecular complexity index is 37.3. The molecule has 0 bridgehead atoms. The zero-order valence-corrected chi connectivity index (χ0v) is 4.10. The van der Waals surface area contributed by atoms with Crippen molar-refractivity contribution in [2.75, 3.05) is 0 Å². The highest BCUT2D eigenvalue weighted by atomic mass is 16.3. The van der Waals surface area contributed by atoms with Crippen LogP contribution in [0.5, 0.6) is 0 Å². The lowest BCUT2D eigenvalue weighted by Gasteiger charge is -2.11. The van der Waals surface area contributed by atoms with E-state index in [4.69, 9.17) is 10.8 Å². The van der Waals surface area contributed by atoms with Crippen molar-refractivity contribution < 1.29 is 5.11 Å². The van der Waals surface area contributed by atoms with E-state index in [-0.39, 0.29) is 0 Å². The van der Waals surface area contributed by atoms with Crippen molar-refractivity contribution in [2.24, 2.45) is 5.73 Å². The zero-order chi connectivity index (χ0) is 5.21. The van der Waals surface area contributed by atoms with Gasteiger partial charge in [-0.3, -0.25) is 0 Å². The summed E-state index contributed by atoms with van der Waals surface area (Å²) in [4.78, 5) is 0. The molecule has 0 amide bonds. The van der Waals surface area contributed by atoms with Crippen LogP contribution in [0.3, 0.4) is 0 Å². The van der Waals surface area contributed by atoms with Crippen LogP contribution in [0.25, 0.3) is 0 Å². The lowest BCUT2D eigenvalue weighted by Crippen LogP contribution is -2.31. The Hall–Kier alpha value is -0.0800. The minimum Gasteiger partial charge on any atom is -0.388 e. The van der Waals surface area contributed by atoms with Crippen molar-refractivity contribution >= 4 is 0 Å². The van der Waals surface area contributed by atoms with E-state index >= 15 is 0 Å². The summed E-state index contributed by atoms with van der Waals surface area (Å²) >= 11 is 0. The fraction of sp³-hybridized carbons (Fsp3) is 0.750. The predicted molar refractivity (Wildman–Crippen MR) is 24.5 cm³/mol. The van der Waals surface area contributed by atoms with E-state index in [1.54, 1.807) is 13.8 Å². The first kappa shape index (κ1) is 5.92. The van der Waals surface area contributed by atoms with Crippen LogP contribution in [-0.2, 0) is 0 Å². The van der Waals surface area contributed by atoms with Gasteiger partial charge < -0.3 is 10.8 Å². The van der Waals surface area contributed by atoms with Crippen molar-refractivity contribution in [1.82, 2.24) is 0 Å². The molecule has 0 aliphatic rings. The van der Waals surface area contributed by atoms with Gasteiger partial charge in [0.05, 0.1) is 6.61 Å². The predicted octanol–water partition coefficient (Wildman–Crippen LogP) is 0.258. The summed E-state index contributed by atoms with van der Waals surface area (Å²) in [6.07, 6.45) is 0. The molecule has 0 aromatic heterocycles. The standard InChI is InChI=1S/C4H10NO/c1-4(2,5)3-6/h3,6H,5H2,1-2H3. The van der Waals surface area contributed by atoms with Crippen LogP contribution in [0, 0.1) is 6.61 Å². The molecule has 0 heterocycles. The van der Waals surface area contributed by atoms with Gasteiger partial charge in [-0.15, -0.1) is 0 Å². The molecule has 0 spiro atoms. The second-order valence-corrected chi connectivity index (χ2v) is 1.95. The van der Waals surface area contributed by atoms with Gasteiger partial charge in [0.25, 0.3) is 0 Å².